The Kier molecular flexibility index (Phi) is 1.77. The number of rotatable bonds is 1. The van der Waals surface area contributed by atoms with Crippen LogP contribution in [0.3, 0.4) is 0 Å². The summed E-state index contributed by atoms with van der Waals surface area (Å²) in [7, 11) is 0. The van der Waals surface area contributed by atoms with Crippen LogP contribution in [0, 0.1) is 0 Å². The van der Waals surface area contributed by atoms with Crippen molar-refractivity contribution in [2.75, 3.05) is 0 Å². The van der Waals surface area contributed by atoms with Crippen molar-refractivity contribution in [2.45, 2.75) is 0 Å². The molecule has 0 radical (unpaired) electrons. The summed E-state index contributed by atoms with van der Waals surface area (Å²) in [6.07, 6.45) is 0. The molecule has 1 rings (SSSR count). The maximum absolute atomic E-state index is 10.2. The van der Waals surface area contributed by atoms with Crippen molar-refractivity contribution in [2.24, 2.45) is 0 Å². The molecule has 0 amide bonds. The molecule has 1 aromatic rings. The standard InChI is InChI=1S/C3HBrN2O2S/c4-2-1(3(7)8)5-9-6-2/h(H,7,8). The molecular weight excluding hydrogens is 208 g/mol. The summed E-state index contributed by atoms with van der Waals surface area (Å²) >= 11 is 3.79. The maximum Gasteiger partial charge on any atom is 0.358 e. The number of carboxylic acid groups (broad SMARTS) is 1. The molecule has 0 atom stereocenters. The highest BCUT2D eigenvalue weighted by Crippen LogP contribution is 2.12. The molecule has 0 aliphatic rings. The number of carboxylic acids is 1. The number of aromatic nitrogens is 2. The first kappa shape index (κ1) is 6.63. The van der Waals surface area contributed by atoms with Crippen LogP contribution in [0.2, 0.25) is 0 Å². The molecule has 0 aromatic carbocycles. The lowest BCUT2D eigenvalue weighted by Crippen LogP contribution is -1.96. The van der Waals surface area contributed by atoms with E-state index in [1.165, 1.54) is 0 Å². The molecular formula is C3HBrN2O2S. The van der Waals surface area contributed by atoms with Crippen molar-refractivity contribution in [1.82, 2.24) is 8.75 Å². The molecule has 0 unspecified atom stereocenters. The van der Waals surface area contributed by atoms with Crippen LogP contribution >= 0.6 is 27.7 Å². The number of carbonyl (C=O) groups is 1. The first-order valence-corrected chi connectivity index (χ1v) is 3.45. The van der Waals surface area contributed by atoms with Gasteiger partial charge in [-0.25, -0.2) is 4.79 Å². The van der Waals surface area contributed by atoms with Gasteiger partial charge in [0.1, 0.15) is 0 Å². The molecule has 0 spiro atoms. The molecule has 9 heavy (non-hydrogen) atoms. The average Bonchev–Trinajstić information content (AvgIpc) is 2.13. The fraction of sp³-hybridized carbons (Fsp3) is 0. The first-order valence-electron chi connectivity index (χ1n) is 1.93. The predicted molar refractivity (Wildman–Crippen MR) is 34.6 cm³/mol. The van der Waals surface area contributed by atoms with Gasteiger partial charge in [-0.1, -0.05) is 0 Å². The van der Waals surface area contributed by atoms with Crippen LogP contribution in [-0.2, 0) is 0 Å². The number of hydrogen-bond acceptors (Lipinski definition) is 4. The third-order valence-corrected chi connectivity index (χ3v) is 1.97. The fourth-order valence-electron chi connectivity index (χ4n) is 0.305. The minimum atomic E-state index is -1.06. The van der Waals surface area contributed by atoms with Crippen LogP contribution in [0.5, 0.6) is 0 Å². The van der Waals surface area contributed by atoms with Gasteiger partial charge in [0, 0.05) is 0 Å². The molecule has 0 fully saturated rings. The van der Waals surface area contributed by atoms with Crippen LogP contribution < -0.4 is 0 Å². The topological polar surface area (TPSA) is 63.1 Å². The van der Waals surface area contributed by atoms with Crippen LogP contribution in [0.1, 0.15) is 10.5 Å². The van der Waals surface area contributed by atoms with Crippen molar-refractivity contribution in [3.8, 4) is 0 Å². The third-order valence-electron chi connectivity index (χ3n) is 0.651. The Hall–Kier alpha value is -0.490. The molecule has 0 saturated heterocycles. The molecule has 1 aromatic heterocycles. The Labute approximate surface area is 63.0 Å². The Balaban J connectivity index is 3.08. The smallest absolute Gasteiger partial charge is 0.358 e. The van der Waals surface area contributed by atoms with Crippen molar-refractivity contribution in [3.63, 3.8) is 0 Å². The molecule has 48 valence electrons. The van der Waals surface area contributed by atoms with Gasteiger partial charge in [-0.05, 0) is 15.9 Å². The van der Waals surface area contributed by atoms with Gasteiger partial charge in [0.15, 0.2) is 10.3 Å². The summed E-state index contributed by atoms with van der Waals surface area (Å²) < 4.78 is 7.40. The maximum atomic E-state index is 10.2. The summed E-state index contributed by atoms with van der Waals surface area (Å²) in [4.78, 5) is 10.2. The van der Waals surface area contributed by atoms with Crippen molar-refractivity contribution >= 4 is 33.6 Å². The van der Waals surface area contributed by atoms with Gasteiger partial charge < -0.3 is 5.11 Å². The van der Waals surface area contributed by atoms with Crippen molar-refractivity contribution < 1.29 is 9.90 Å². The summed E-state index contributed by atoms with van der Waals surface area (Å²) in [6, 6.07) is 0. The van der Waals surface area contributed by atoms with Crippen molar-refractivity contribution in [1.29, 1.82) is 0 Å². The molecule has 0 aliphatic carbocycles. The van der Waals surface area contributed by atoms with Gasteiger partial charge in [0.25, 0.3) is 0 Å². The second-order valence-corrected chi connectivity index (χ2v) is 2.49. The van der Waals surface area contributed by atoms with E-state index in [4.69, 9.17) is 5.11 Å². The fourth-order valence-corrected chi connectivity index (χ4v) is 1.32. The van der Waals surface area contributed by atoms with Gasteiger partial charge in [0.2, 0.25) is 0 Å². The van der Waals surface area contributed by atoms with E-state index in [2.05, 4.69) is 24.7 Å². The molecule has 0 aliphatic heterocycles. The molecule has 0 bridgehead atoms. The van der Waals surface area contributed by atoms with Crippen LogP contribution in [-0.4, -0.2) is 19.8 Å². The Bertz CT molecular complexity index is 235. The largest absolute Gasteiger partial charge is 0.476 e. The van der Waals surface area contributed by atoms with Gasteiger partial charge in [-0.15, -0.1) is 0 Å². The lowest BCUT2D eigenvalue weighted by molar-refractivity contribution is 0.0690. The van der Waals surface area contributed by atoms with E-state index in [-0.39, 0.29) is 5.69 Å². The summed E-state index contributed by atoms with van der Waals surface area (Å²) in [5, 5.41) is 8.33. The van der Waals surface area contributed by atoms with E-state index in [9.17, 15) is 4.79 Å². The minimum Gasteiger partial charge on any atom is -0.476 e. The SMILES string of the molecule is O=C(O)c1nsnc1Br. The zero-order chi connectivity index (χ0) is 6.85. The van der Waals surface area contributed by atoms with E-state index >= 15 is 0 Å². The van der Waals surface area contributed by atoms with Crippen molar-refractivity contribution in [3.05, 3.63) is 10.3 Å². The summed E-state index contributed by atoms with van der Waals surface area (Å²) in [5.74, 6) is -1.06. The second-order valence-electron chi connectivity index (χ2n) is 1.21. The molecule has 1 N–H and O–H groups in total. The highest BCUT2D eigenvalue weighted by Gasteiger charge is 2.11. The molecule has 6 heteroatoms. The van der Waals surface area contributed by atoms with E-state index in [1.54, 1.807) is 0 Å². The van der Waals surface area contributed by atoms with E-state index in [1.807, 2.05) is 0 Å². The number of aromatic carboxylic acids is 1. The highest BCUT2D eigenvalue weighted by atomic mass is 79.9. The lowest BCUT2D eigenvalue weighted by Gasteiger charge is -1.80. The quantitative estimate of drug-likeness (QED) is 0.749. The van der Waals surface area contributed by atoms with Gasteiger partial charge >= 0.3 is 5.97 Å². The molecule has 1 heterocycles. The second kappa shape index (κ2) is 2.40. The first-order chi connectivity index (χ1) is 4.22. The predicted octanol–water partition coefficient (Wildman–Crippen LogP) is 0.999. The minimum absolute atomic E-state index is 0.0278. The molecule has 4 nitrogen and oxygen atoms in total. The van der Waals surface area contributed by atoms with Crippen LogP contribution in [0.4, 0.5) is 0 Å². The Morgan fingerprint density at radius 3 is 2.56 bits per heavy atom. The van der Waals surface area contributed by atoms with Gasteiger partial charge in [-0.2, -0.15) is 8.75 Å². The number of halogens is 1. The Morgan fingerprint density at radius 2 is 2.33 bits per heavy atom. The zero-order valence-corrected chi connectivity index (χ0v) is 6.44. The van der Waals surface area contributed by atoms with Gasteiger partial charge in [-0.3, -0.25) is 0 Å². The zero-order valence-electron chi connectivity index (χ0n) is 4.04. The summed E-state index contributed by atoms with van der Waals surface area (Å²) in [5.41, 5.74) is -0.0278. The van der Waals surface area contributed by atoms with E-state index < -0.39 is 5.97 Å². The number of hydrogen-bond donors (Lipinski definition) is 1. The summed E-state index contributed by atoms with van der Waals surface area (Å²) in [6.45, 7) is 0. The third kappa shape index (κ3) is 1.25. The van der Waals surface area contributed by atoms with Crippen LogP contribution in [0.15, 0.2) is 4.60 Å². The number of nitrogens with zero attached hydrogens (tertiary/aromatic N) is 2. The van der Waals surface area contributed by atoms with E-state index in [0.29, 0.717) is 4.60 Å². The van der Waals surface area contributed by atoms with E-state index in [0.717, 1.165) is 11.7 Å². The average molecular weight is 209 g/mol. The lowest BCUT2D eigenvalue weighted by atomic mass is 10.5. The van der Waals surface area contributed by atoms with Gasteiger partial charge in [0.05, 0.1) is 11.7 Å². The normalized spacial score (nSPS) is 9.44. The highest BCUT2D eigenvalue weighted by molar-refractivity contribution is 9.10. The molecule has 0 saturated carbocycles. The Morgan fingerprint density at radius 1 is 1.67 bits per heavy atom. The van der Waals surface area contributed by atoms with Crippen LogP contribution in [0.25, 0.3) is 0 Å². The monoisotopic (exact) mass is 208 g/mol.